The minimum Gasteiger partial charge on any atom is -0.334 e. The third-order valence-corrected chi connectivity index (χ3v) is 2.93. The van der Waals surface area contributed by atoms with Gasteiger partial charge in [-0.2, -0.15) is 0 Å². The molecule has 0 aromatic carbocycles. The number of nitrogens with one attached hydrogen (secondary N) is 2. The van der Waals surface area contributed by atoms with Crippen molar-refractivity contribution in [3.8, 4) is 0 Å². The highest BCUT2D eigenvalue weighted by Gasteiger charge is 2.20. The Hall–Kier alpha value is -1.62. The first-order valence-corrected chi connectivity index (χ1v) is 5.86. The lowest BCUT2D eigenvalue weighted by atomic mass is 10.2. The molecule has 2 heterocycles. The van der Waals surface area contributed by atoms with E-state index in [1.165, 1.54) is 0 Å². The number of nitrogens with zero attached hydrogens (tertiary/aromatic N) is 2. The van der Waals surface area contributed by atoms with Gasteiger partial charge in [-0.1, -0.05) is 0 Å². The van der Waals surface area contributed by atoms with E-state index >= 15 is 0 Å². The van der Waals surface area contributed by atoms with Crippen molar-refractivity contribution in [3.05, 3.63) is 30.1 Å². The summed E-state index contributed by atoms with van der Waals surface area (Å²) in [6.07, 6.45) is 4.47. The predicted octanol–water partition coefficient (Wildman–Crippen LogP) is 0.585. The molecule has 0 spiro atoms. The summed E-state index contributed by atoms with van der Waals surface area (Å²) in [5, 5.41) is 5.82. The molecule has 2 amide bonds. The Balaban J connectivity index is 1.71. The minimum absolute atomic E-state index is 0.0953. The molecule has 92 valence electrons. The number of hydrogen-bond acceptors (Lipinski definition) is 3. The summed E-state index contributed by atoms with van der Waals surface area (Å²) in [7, 11) is 2.07. The van der Waals surface area contributed by atoms with Gasteiger partial charge in [0.1, 0.15) is 0 Å². The van der Waals surface area contributed by atoms with E-state index in [9.17, 15) is 4.79 Å². The zero-order valence-corrected chi connectivity index (χ0v) is 10.0. The largest absolute Gasteiger partial charge is 0.334 e. The number of aromatic nitrogens is 1. The van der Waals surface area contributed by atoms with E-state index in [-0.39, 0.29) is 12.1 Å². The smallest absolute Gasteiger partial charge is 0.315 e. The van der Waals surface area contributed by atoms with Crippen LogP contribution in [0.2, 0.25) is 0 Å². The molecule has 0 saturated carbocycles. The molecule has 2 N–H and O–H groups in total. The van der Waals surface area contributed by atoms with Crippen molar-refractivity contribution in [2.45, 2.75) is 19.0 Å². The van der Waals surface area contributed by atoms with Crippen LogP contribution in [0.4, 0.5) is 4.79 Å². The van der Waals surface area contributed by atoms with Crippen molar-refractivity contribution in [1.82, 2.24) is 20.5 Å². The number of amides is 2. The lowest BCUT2D eigenvalue weighted by Gasteiger charge is -2.13. The monoisotopic (exact) mass is 234 g/mol. The van der Waals surface area contributed by atoms with Crippen molar-refractivity contribution in [3.63, 3.8) is 0 Å². The topological polar surface area (TPSA) is 57.3 Å². The van der Waals surface area contributed by atoms with Crippen LogP contribution in [0.15, 0.2) is 24.5 Å². The Morgan fingerprint density at radius 2 is 2.29 bits per heavy atom. The SMILES string of the molecule is CN1CCC(NC(=O)NCc2ccncc2)C1. The first kappa shape index (κ1) is 11.9. The van der Waals surface area contributed by atoms with Gasteiger partial charge in [-0.15, -0.1) is 0 Å². The maximum atomic E-state index is 11.6. The zero-order valence-electron chi connectivity index (χ0n) is 10.0. The number of rotatable bonds is 3. The number of pyridine rings is 1. The average Bonchev–Trinajstić information content (AvgIpc) is 2.73. The van der Waals surface area contributed by atoms with Crippen LogP contribution >= 0.6 is 0 Å². The van der Waals surface area contributed by atoms with E-state index < -0.39 is 0 Å². The van der Waals surface area contributed by atoms with Gasteiger partial charge in [-0.25, -0.2) is 4.79 Å². The van der Waals surface area contributed by atoms with E-state index in [0.717, 1.165) is 25.1 Å². The van der Waals surface area contributed by atoms with Gasteiger partial charge < -0.3 is 15.5 Å². The molecule has 1 aromatic rings. The van der Waals surface area contributed by atoms with Crippen molar-refractivity contribution < 1.29 is 4.79 Å². The Morgan fingerprint density at radius 3 is 2.94 bits per heavy atom. The molecule has 5 nitrogen and oxygen atoms in total. The molecular weight excluding hydrogens is 216 g/mol. The maximum Gasteiger partial charge on any atom is 0.315 e. The fourth-order valence-corrected chi connectivity index (χ4v) is 1.97. The lowest BCUT2D eigenvalue weighted by molar-refractivity contribution is 0.236. The Kier molecular flexibility index (Phi) is 3.93. The summed E-state index contributed by atoms with van der Waals surface area (Å²) >= 11 is 0. The molecule has 1 unspecified atom stereocenters. The molecule has 2 rings (SSSR count). The summed E-state index contributed by atoms with van der Waals surface area (Å²) in [6.45, 7) is 2.52. The van der Waals surface area contributed by atoms with Crippen molar-refractivity contribution in [2.75, 3.05) is 20.1 Å². The van der Waals surface area contributed by atoms with Crippen LogP contribution in [-0.4, -0.2) is 42.1 Å². The van der Waals surface area contributed by atoms with E-state index in [1.807, 2.05) is 12.1 Å². The third-order valence-electron chi connectivity index (χ3n) is 2.93. The zero-order chi connectivity index (χ0) is 12.1. The normalized spacial score (nSPS) is 20.2. The van der Waals surface area contributed by atoms with Crippen LogP contribution in [-0.2, 0) is 6.54 Å². The van der Waals surface area contributed by atoms with Gasteiger partial charge in [-0.05, 0) is 37.7 Å². The molecular formula is C12H18N4O. The second-order valence-corrected chi connectivity index (χ2v) is 4.43. The van der Waals surface area contributed by atoms with Gasteiger partial charge in [0.25, 0.3) is 0 Å². The summed E-state index contributed by atoms with van der Waals surface area (Å²) in [6, 6.07) is 3.97. The molecule has 1 aliphatic rings. The molecule has 0 aliphatic carbocycles. The number of likely N-dealkylation sites (tertiary alicyclic amines) is 1. The van der Waals surface area contributed by atoms with Gasteiger partial charge in [-0.3, -0.25) is 4.98 Å². The molecule has 17 heavy (non-hydrogen) atoms. The number of likely N-dealkylation sites (N-methyl/N-ethyl adjacent to an activating group) is 1. The number of hydrogen-bond donors (Lipinski definition) is 2. The molecule has 1 saturated heterocycles. The van der Waals surface area contributed by atoms with Gasteiger partial charge >= 0.3 is 6.03 Å². The highest BCUT2D eigenvalue weighted by atomic mass is 16.2. The highest BCUT2D eigenvalue weighted by molar-refractivity contribution is 5.74. The van der Waals surface area contributed by atoms with E-state index in [4.69, 9.17) is 0 Å². The summed E-state index contributed by atoms with van der Waals surface area (Å²) in [5.41, 5.74) is 1.05. The second kappa shape index (κ2) is 5.63. The maximum absolute atomic E-state index is 11.6. The fourth-order valence-electron chi connectivity index (χ4n) is 1.97. The average molecular weight is 234 g/mol. The highest BCUT2D eigenvalue weighted by Crippen LogP contribution is 2.05. The van der Waals surface area contributed by atoms with Crippen LogP contribution in [0.5, 0.6) is 0 Å². The lowest BCUT2D eigenvalue weighted by Crippen LogP contribution is -2.42. The van der Waals surface area contributed by atoms with E-state index in [1.54, 1.807) is 12.4 Å². The van der Waals surface area contributed by atoms with Crippen molar-refractivity contribution >= 4 is 6.03 Å². The number of urea groups is 1. The van der Waals surface area contributed by atoms with Crippen LogP contribution in [0.3, 0.4) is 0 Å². The summed E-state index contributed by atoms with van der Waals surface area (Å²) in [4.78, 5) is 17.8. The van der Waals surface area contributed by atoms with Crippen LogP contribution in [0.25, 0.3) is 0 Å². The van der Waals surface area contributed by atoms with E-state index in [0.29, 0.717) is 6.54 Å². The van der Waals surface area contributed by atoms with Gasteiger partial charge in [0, 0.05) is 31.5 Å². The first-order valence-electron chi connectivity index (χ1n) is 5.86. The van der Waals surface area contributed by atoms with E-state index in [2.05, 4.69) is 27.6 Å². The fraction of sp³-hybridized carbons (Fsp3) is 0.500. The summed E-state index contributed by atoms with van der Waals surface area (Å²) in [5.74, 6) is 0. The third kappa shape index (κ3) is 3.71. The number of carbonyl (C=O) groups excluding carboxylic acids is 1. The van der Waals surface area contributed by atoms with Crippen molar-refractivity contribution in [1.29, 1.82) is 0 Å². The number of carbonyl (C=O) groups is 1. The van der Waals surface area contributed by atoms with Crippen LogP contribution < -0.4 is 10.6 Å². The molecule has 1 fully saturated rings. The Bertz CT molecular complexity index is 368. The van der Waals surface area contributed by atoms with Gasteiger partial charge in [0.15, 0.2) is 0 Å². The first-order chi connectivity index (χ1) is 8.24. The minimum atomic E-state index is -0.0953. The quantitative estimate of drug-likeness (QED) is 0.804. The molecule has 1 atom stereocenters. The van der Waals surface area contributed by atoms with Crippen LogP contribution in [0, 0.1) is 0 Å². The standard InChI is InChI=1S/C12H18N4O/c1-16-7-4-11(9-16)15-12(17)14-8-10-2-5-13-6-3-10/h2-3,5-6,11H,4,7-9H2,1H3,(H2,14,15,17). The van der Waals surface area contributed by atoms with Gasteiger partial charge in [0.05, 0.1) is 0 Å². The summed E-state index contributed by atoms with van der Waals surface area (Å²) < 4.78 is 0. The molecule has 1 aromatic heterocycles. The molecule has 1 aliphatic heterocycles. The van der Waals surface area contributed by atoms with Gasteiger partial charge in [0.2, 0.25) is 0 Å². The molecule has 5 heteroatoms. The Morgan fingerprint density at radius 1 is 1.53 bits per heavy atom. The molecule has 0 radical (unpaired) electrons. The molecule has 0 bridgehead atoms. The van der Waals surface area contributed by atoms with Crippen LogP contribution in [0.1, 0.15) is 12.0 Å². The second-order valence-electron chi connectivity index (χ2n) is 4.43. The van der Waals surface area contributed by atoms with Crippen molar-refractivity contribution in [2.24, 2.45) is 0 Å². The Labute approximate surface area is 101 Å². The predicted molar refractivity (Wildman–Crippen MR) is 65.5 cm³/mol.